The van der Waals surface area contributed by atoms with Crippen LogP contribution in [0.2, 0.25) is 0 Å². The third kappa shape index (κ3) is 7.14. The second kappa shape index (κ2) is 14.8. The Labute approximate surface area is 279 Å². The number of fused-ring (bicyclic) bond motifs is 1. The molecule has 2 amide bonds. The van der Waals surface area contributed by atoms with Crippen LogP contribution in [0.15, 0.2) is 94.0 Å². The van der Waals surface area contributed by atoms with Gasteiger partial charge in [0.15, 0.2) is 0 Å². The van der Waals surface area contributed by atoms with E-state index in [1.165, 1.54) is 4.90 Å². The summed E-state index contributed by atoms with van der Waals surface area (Å²) in [5.41, 5.74) is 5.72. The van der Waals surface area contributed by atoms with E-state index in [0.717, 1.165) is 39.8 Å². The lowest BCUT2D eigenvalue weighted by Gasteiger charge is -2.38. The minimum atomic E-state index is -0.882. The molecule has 1 fully saturated rings. The average molecular weight is 688 g/mol. The summed E-state index contributed by atoms with van der Waals surface area (Å²) >= 11 is 3.47. The molecular weight excluding hydrogens is 644 g/mol. The molecule has 0 bridgehead atoms. The number of carbonyl (C=O) groups excluding carboxylic acids is 2. The Morgan fingerprint density at radius 1 is 1.00 bits per heavy atom. The maximum Gasteiger partial charge on any atom is 0.238 e. The Morgan fingerprint density at radius 3 is 2.35 bits per heavy atom. The smallest absolute Gasteiger partial charge is 0.238 e. The van der Waals surface area contributed by atoms with Crippen molar-refractivity contribution in [2.75, 3.05) is 16.8 Å². The maximum absolute atomic E-state index is 14.0. The number of hydrogen-bond donors (Lipinski definition) is 4. The number of carbonyl (C=O) groups is 2. The fourth-order valence-electron chi connectivity index (χ4n) is 7.01. The van der Waals surface area contributed by atoms with Gasteiger partial charge in [-0.2, -0.15) is 0 Å². The van der Waals surface area contributed by atoms with Gasteiger partial charge in [0, 0.05) is 27.3 Å². The van der Waals surface area contributed by atoms with Gasteiger partial charge in [-0.1, -0.05) is 78.5 Å². The minimum Gasteiger partial charge on any atom is -0.507 e. The first-order chi connectivity index (χ1) is 22.1. The molecule has 0 radical (unpaired) electrons. The molecule has 3 aromatic carbocycles. The van der Waals surface area contributed by atoms with Gasteiger partial charge in [-0.05, 0) is 91.8 Å². The Bertz CT molecular complexity index is 1620. The average Bonchev–Trinajstić information content (AvgIpc) is 3.30. The van der Waals surface area contributed by atoms with Crippen molar-refractivity contribution in [3.63, 3.8) is 0 Å². The monoisotopic (exact) mass is 686 g/mol. The third-order valence-corrected chi connectivity index (χ3v) is 9.71. The quantitative estimate of drug-likeness (QED) is 0.114. The predicted octanol–water partition coefficient (Wildman–Crippen LogP) is 7.99. The maximum atomic E-state index is 14.0. The van der Waals surface area contributed by atoms with Crippen LogP contribution >= 0.6 is 15.9 Å². The van der Waals surface area contributed by atoms with E-state index in [0.29, 0.717) is 36.1 Å². The van der Waals surface area contributed by atoms with Gasteiger partial charge in [-0.15, -0.1) is 0 Å². The summed E-state index contributed by atoms with van der Waals surface area (Å²) < 4.78 is 0.867. The number of phenolic OH excluding ortho intramolecular Hbond substituents is 1. The van der Waals surface area contributed by atoms with Crippen molar-refractivity contribution in [2.24, 2.45) is 23.7 Å². The number of amides is 2. The first-order valence-corrected chi connectivity index (χ1v) is 16.9. The molecule has 1 aliphatic heterocycles. The first-order valence-electron chi connectivity index (χ1n) is 16.1. The van der Waals surface area contributed by atoms with Gasteiger partial charge in [-0.25, -0.2) is 0 Å². The summed E-state index contributed by atoms with van der Waals surface area (Å²) in [5.74, 6) is -2.35. The van der Waals surface area contributed by atoms with E-state index in [-0.39, 0.29) is 30.1 Å². The Morgan fingerprint density at radius 2 is 1.70 bits per heavy atom. The lowest BCUT2D eigenvalue weighted by atomic mass is 9.66. The highest BCUT2D eigenvalue weighted by atomic mass is 79.9. The zero-order valence-electron chi connectivity index (χ0n) is 26.6. The van der Waals surface area contributed by atoms with E-state index in [2.05, 4.69) is 28.2 Å². The number of halogens is 1. The van der Waals surface area contributed by atoms with E-state index in [1.807, 2.05) is 68.5 Å². The van der Waals surface area contributed by atoms with Crippen LogP contribution in [0.5, 0.6) is 5.75 Å². The van der Waals surface area contributed by atoms with Gasteiger partial charge in [0.25, 0.3) is 0 Å². The highest BCUT2D eigenvalue weighted by Crippen LogP contribution is 2.49. The van der Waals surface area contributed by atoms with Crippen LogP contribution in [0.25, 0.3) is 6.08 Å². The number of nitrogens with zero attached hydrogens (tertiary/aromatic N) is 1. The standard InChI is InChI=1S/C38H43BrN2O5/c1-4-8-24(19-25-20-26(39)12-18-33(25)43)11-17-34(44)35-30(23(2)3)21-31-36(32(35)22-42)38(46)41(37(31)45)29-15-13-28(14-16-29)40-27-9-6-5-7-10-27/h5-7,9-10,12-16,18-20,23,31-32,34,36,40,42-44H,4,8,11,17,21-22H2,1-3H3/b24-19+/t31-,32+,34-,36-/m1/s1. The number of aromatic hydroxyl groups is 1. The largest absolute Gasteiger partial charge is 0.507 e. The lowest BCUT2D eigenvalue weighted by Crippen LogP contribution is -2.39. The summed E-state index contributed by atoms with van der Waals surface area (Å²) in [5, 5.41) is 36.2. The topological polar surface area (TPSA) is 110 Å². The molecule has 5 rings (SSSR count). The summed E-state index contributed by atoms with van der Waals surface area (Å²) in [6.07, 6.45) is 4.19. The van der Waals surface area contributed by atoms with Crippen LogP contribution in [0.3, 0.4) is 0 Å². The van der Waals surface area contributed by atoms with Gasteiger partial charge in [0.05, 0.1) is 30.2 Å². The van der Waals surface area contributed by atoms with E-state index >= 15 is 0 Å². The van der Waals surface area contributed by atoms with E-state index in [1.54, 1.807) is 24.3 Å². The molecule has 1 aliphatic carbocycles. The number of para-hydroxylation sites is 1. The van der Waals surface area contributed by atoms with Gasteiger partial charge in [0.1, 0.15) is 5.75 Å². The van der Waals surface area contributed by atoms with E-state index in [4.69, 9.17) is 0 Å². The summed E-state index contributed by atoms with van der Waals surface area (Å²) in [6, 6.07) is 22.3. The van der Waals surface area contributed by atoms with Crippen molar-refractivity contribution in [1.82, 2.24) is 0 Å². The molecule has 0 saturated carbocycles. The molecule has 46 heavy (non-hydrogen) atoms. The number of nitrogens with one attached hydrogen (secondary N) is 1. The van der Waals surface area contributed by atoms with E-state index < -0.39 is 23.9 Å². The number of allylic oxidation sites excluding steroid dienone is 2. The molecule has 4 N–H and O–H groups in total. The molecule has 7 nitrogen and oxygen atoms in total. The second-order valence-corrected chi connectivity index (χ2v) is 13.5. The molecule has 0 unspecified atom stereocenters. The fourth-order valence-corrected chi connectivity index (χ4v) is 7.39. The Hall–Kier alpha value is -3.72. The van der Waals surface area contributed by atoms with Crippen LogP contribution < -0.4 is 10.2 Å². The van der Waals surface area contributed by atoms with Gasteiger partial charge >= 0.3 is 0 Å². The number of phenols is 1. The Kier molecular flexibility index (Phi) is 10.8. The number of aliphatic hydroxyl groups excluding tert-OH is 2. The molecule has 4 atom stereocenters. The highest BCUT2D eigenvalue weighted by molar-refractivity contribution is 9.10. The molecule has 1 saturated heterocycles. The number of benzene rings is 3. The molecule has 3 aromatic rings. The molecule has 0 spiro atoms. The molecular formula is C38H43BrN2O5. The molecule has 0 aromatic heterocycles. The SMILES string of the molecule is CCC/C(=C\c1cc(Br)ccc1O)CC[C@@H](O)C1=C(C(C)C)C[C@H]2C(=O)N(c3ccc(Nc4ccccc4)cc3)C(=O)[C@H]2[C@H]1CO. The fraction of sp³-hybridized carbons (Fsp3) is 0.368. The summed E-state index contributed by atoms with van der Waals surface area (Å²) in [7, 11) is 0. The van der Waals surface area contributed by atoms with Crippen molar-refractivity contribution in [2.45, 2.75) is 59.0 Å². The van der Waals surface area contributed by atoms with Crippen molar-refractivity contribution >= 4 is 50.9 Å². The van der Waals surface area contributed by atoms with Gasteiger partial charge in [-0.3, -0.25) is 14.5 Å². The molecule has 8 heteroatoms. The van der Waals surface area contributed by atoms with Crippen molar-refractivity contribution in [3.05, 3.63) is 99.6 Å². The normalized spacial score (nSPS) is 20.8. The van der Waals surface area contributed by atoms with Crippen molar-refractivity contribution in [1.29, 1.82) is 0 Å². The van der Waals surface area contributed by atoms with Crippen LogP contribution in [0, 0.1) is 23.7 Å². The van der Waals surface area contributed by atoms with Gasteiger partial charge in [0.2, 0.25) is 11.8 Å². The number of hydrogen-bond acceptors (Lipinski definition) is 6. The predicted molar refractivity (Wildman–Crippen MR) is 187 cm³/mol. The van der Waals surface area contributed by atoms with Crippen LogP contribution in [-0.4, -0.2) is 39.8 Å². The van der Waals surface area contributed by atoms with Crippen molar-refractivity contribution < 1.29 is 24.9 Å². The zero-order valence-corrected chi connectivity index (χ0v) is 28.2. The molecule has 242 valence electrons. The summed E-state index contributed by atoms with van der Waals surface area (Å²) in [6.45, 7) is 5.83. The number of rotatable bonds is 12. The molecule has 1 heterocycles. The minimum absolute atomic E-state index is 0.0317. The van der Waals surface area contributed by atoms with Crippen LogP contribution in [0.1, 0.15) is 58.4 Å². The molecule has 2 aliphatic rings. The summed E-state index contributed by atoms with van der Waals surface area (Å²) in [4.78, 5) is 29.1. The van der Waals surface area contributed by atoms with Crippen molar-refractivity contribution in [3.8, 4) is 5.75 Å². The lowest BCUT2D eigenvalue weighted by molar-refractivity contribution is -0.123. The zero-order chi connectivity index (χ0) is 33.0. The van der Waals surface area contributed by atoms with E-state index in [9.17, 15) is 24.9 Å². The van der Waals surface area contributed by atoms with Gasteiger partial charge < -0.3 is 20.6 Å². The van der Waals surface area contributed by atoms with Crippen LogP contribution in [0.4, 0.5) is 17.1 Å². The first kappa shape index (κ1) is 33.6. The second-order valence-electron chi connectivity index (χ2n) is 12.6. The highest BCUT2D eigenvalue weighted by Gasteiger charge is 2.55. The number of aliphatic hydroxyl groups is 2. The third-order valence-electron chi connectivity index (χ3n) is 9.22. The number of imide groups is 1. The van der Waals surface area contributed by atoms with Crippen LogP contribution in [-0.2, 0) is 9.59 Å². The number of anilines is 3. The Balaban J connectivity index is 1.38.